The zero-order valence-corrected chi connectivity index (χ0v) is 8.35. The fourth-order valence-electron chi connectivity index (χ4n) is 1.43. The van der Waals surface area contributed by atoms with Crippen LogP contribution in [0.3, 0.4) is 0 Å². The number of alkyl halides is 3. The van der Waals surface area contributed by atoms with Crippen molar-refractivity contribution in [3.63, 3.8) is 0 Å². The molecule has 3 rings (SSSR count). The third-order valence-electron chi connectivity index (χ3n) is 2.12. The minimum Gasteiger partial charge on any atom is -0.293 e. The molecule has 0 fully saturated rings. The highest BCUT2D eigenvalue weighted by Crippen LogP contribution is 2.30. The van der Waals surface area contributed by atoms with Gasteiger partial charge in [-0.3, -0.25) is 4.37 Å². The Bertz CT molecular complexity index is 669. The average Bonchev–Trinajstić information content (AvgIpc) is 2.81. The molecule has 0 saturated carbocycles. The molecule has 82 valence electrons. The monoisotopic (exact) mass is 244 g/mol. The van der Waals surface area contributed by atoms with Crippen molar-refractivity contribution in [2.75, 3.05) is 0 Å². The first-order chi connectivity index (χ1) is 7.55. The number of nitrogens with zero attached hydrogens (tertiary/aromatic N) is 3. The average molecular weight is 244 g/mol. The molecule has 0 aliphatic carbocycles. The second kappa shape index (κ2) is 2.91. The first-order valence-electron chi connectivity index (χ1n) is 4.23. The number of nitrogens with one attached hydrogen (secondary N) is 1. The summed E-state index contributed by atoms with van der Waals surface area (Å²) >= 11 is 1.06. The summed E-state index contributed by atoms with van der Waals surface area (Å²) < 4.78 is 44.0. The van der Waals surface area contributed by atoms with Crippen molar-refractivity contribution in [3.8, 4) is 0 Å². The summed E-state index contributed by atoms with van der Waals surface area (Å²) in [5.41, 5.74) is 1.47. The molecule has 0 saturated heterocycles. The van der Waals surface area contributed by atoms with Gasteiger partial charge in [0.15, 0.2) is 0 Å². The van der Waals surface area contributed by atoms with Gasteiger partial charge in [-0.25, -0.2) is 9.97 Å². The van der Waals surface area contributed by atoms with Crippen molar-refractivity contribution in [3.05, 3.63) is 18.0 Å². The van der Waals surface area contributed by atoms with E-state index in [4.69, 9.17) is 0 Å². The van der Waals surface area contributed by atoms with Gasteiger partial charge in [-0.2, -0.15) is 17.5 Å². The highest BCUT2D eigenvalue weighted by molar-refractivity contribution is 7.00. The summed E-state index contributed by atoms with van der Waals surface area (Å²) in [5, 5.41) is 0. The van der Waals surface area contributed by atoms with E-state index >= 15 is 0 Å². The Morgan fingerprint density at radius 1 is 1.12 bits per heavy atom. The molecule has 0 atom stereocenters. The van der Waals surface area contributed by atoms with Crippen molar-refractivity contribution >= 4 is 33.8 Å². The number of fused-ring (bicyclic) bond motifs is 3. The Morgan fingerprint density at radius 3 is 2.69 bits per heavy atom. The summed E-state index contributed by atoms with van der Waals surface area (Å²) in [7, 11) is 0. The lowest BCUT2D eigenvalue weighted by Crippen LogP contribution is -2.06. The fraction of sp³-hybridized carbons (Fsp3) is 0.125. The smallest absolute Gasteiger partial charge is 0.293 e. The Balaban J connectivity index is 2.39. The van der Waals surface area contributed by atoms with Crippen molar-refractivity contribution in [2.45, 2.75) is 6.18 Å². The SMILES string of the molecule is FC(F)(F)c1nc2ccc3[nH]snc3c2n1. The Morgan fingerprint density at radius 2 is 1.94 bits per heavy atom. The van der Waals surface area contributed by atoms with E-state index in [0.717, 1.165) is 11.7 Å². The molecule has 8 heteroatoms. The molecule has 0 spiro atoms. The Kier molecular flexibility index (Phi) is 1.73. The molecule has 0 unspecified atom stereocenters. The van der Waals surface area contributed by atoms with Gasteiger partial charge in [0, 0.05) is 11.7 Å². The van der Waals surface area contributed by atoms with Crippen LogP contribution in [0.1, 0.15) is 5.82 Å². The highest BCUT2D eigenvalue weighted by atomic mass is 32.1. The molecule has 2 heterocycles. The number of H-pyrrole nitrogens is 1. The lowest BCUT2D eigenvalue weighted by atomic mass is 10.3. The second-order valence-electron chi connectivity index (χ2n) is 3.16. The number of aromatic amines is 1. The fourth-order valence-corrected chi connectivity index (χ4v) is 2.02. The molecule has 0 bridgehead atoms. The number of benzene rings is 1. The van der Waals surface area contributed by atoms with Crippen molar-refractivity contribution in [1.29, 1.82) is 0 Å². The van der Waals surface area contributed by atoms with Crippen LogP contribution in [0.5, 0.6) is 0 Å². The van der Waals surface area contributed by atoms with Crippen LogP contribution >= 0.6 is 11.7 Å². The Hall–Kier alpha value is -1.70. The molecular weight excluding hydrogens is 241 g/mol. The highest BCUT2D eigenvalue weighted by Gasteiger charge is 2.36. The third-order valence-corrected chi connectivity index (χ3v) is 2.71. The van der Waals surface area contributed by atoms with Gasteiger partial charge in [0.05, 0.1) is 11.0 Å². The van der Waals surface area contributed by atoms with E-state index in [-0.39, 0.29) is 11.0 Å². The van der Waals surface area contributed by atoms with Crippen LogP contribution in [0, 0.1) is 0 Å². The Labute approximate surface area is 90.4 Å². The van der Waals surface area contributed by atoms with E-state index < -0.39 is 12.0 Å². The number of imidazole rings is 1. The minimum atomic E-state index is -4.52. The van der Waals surface area contributed by atoms with Crippen LogP contribution < -0.4 is 0 Å². The maximum atomic E-state index is 12.4. The summed E-state index contributed by atoms with van der Waals surface area (Å²) in [6.07, 6.45) is -4.52. The van der Waals surface area contributed by atoms with E-state index in [9.17, 15) is 13.2 Å². The lowest BCUT2D eigenvalue weighted by Gasteiger charge is -1.97. The first kappa shape index (κ1) is 9.52. The van der Waals surface area contributed by atoms with Gasteiger partial charge in [-0.05, 0) is 12.1 Å². The number of rotatable bonds is 0. The largest absolute Gasteiger partial charge is 0.451 e. The molecule has 0 aliphatic rings. The van der Waals surface area contributed by atoms with Crippen LogP contribution in [0.2, 0.25) is 0 Å². The standard InChI is InChI=1S/C8H3F3N4S/c9-8(10,11)7-12-3-1-2-4-6(5(3)13-7)15-16-14-4/h1-2,14H. The van der Waals surface area contributed by atoms with Crippen LogP contribution in [0.4, 0.5) is 13.2 Å². The van der Waals surface area contributed by atoms with E-state index in [1.165, 1.54) is 6.07 Å². The van der Waals surface area contributed by atoms with Crippen LogP contribution in [0.15, 0.2) is 12.1 Å². The molecule has 0 radical (unpaired) electrons. The van der Waals surface area contributed by atoms with E-state index in [1.54, 1.807) is 6.07 Å². The maximum Gasteiger partial charge on any atom is 0.451 e. The number of hydrogen-bond acceptors (Lipinski definition) is 4. The van der Waals surface area contributed by atoms with E-state index in [2.05, 4.69) is 18.7 Å². The molecule has 1 aromatic carbocycles. The van der Waals surface area contributed by atoms with Gasteiger partial charge in [-0.1, -0.05) is 0 Å². The second-order valence-corrected chi connectivity index (χ2v) is 3.73. The zero-order chi connectivity index (χ0) is 11.3. The van der Waals surface area contributed by atoms with E-state index in [1.807, 2.05) is 0 Å². The molecule has 3 aromatic rings. The lowest BCUT2D eigenvalue weighted by molar-refractivity contribution is -0.144. The number of hydrogen-bond donors (Lipinski definition) is 1. The quantitative estimate of drug-likeness (QED) is 0.661. The summed E-state index contributed by atoms with van der Waals surface area (Å²) in [6, 6.07) is 3.13. The molecule has 16 heavy (non-hydrogen) atoms. The normalized spacial score (nSPS) is 12.7. The summed E-state index contributed by atoms with van der Waals surface area (Å²) in [6.45, 7) is 0. The topological polar surface area (TPSA) is 54.5 Å². The van der Waals surface area contributed by atoms with Gasteiger partial charge >= 0.3 is 6.18 Å². The summed E-state index contributed by atoms with van der Waals surface area (Å²) in [4.78, 5) is 6.90. The zero-order valence-electron chi connectivity index (χ0n) is 7.54. The van der Waals surface area contributed by atoms with Crippen molar-refractivity contribution < 1.29 is 13.2 Å². The van der Waals surface area contributed by atoms with Gasteiger partial charge in [0.1, 0.15) is 11.0 Å². The van der Waals surface area contributed by atoms with Gasteiger partial charge in [0.2, 0.25) is 5.82 Å². The number of aromatic nitrogens is 4. The van der Waals surface area contributed by atoms with Crippen LogP contribution in [0.25, 0.3) is 22.1 Å². The number of halogens is 3. The molecule has 2 aromatic heterocycles. The van der Waals surface area contributed by atoms with Crippen LogP contribution in [-0.4, -0.2) is 18.7 Å². The van der Waals surface area contributed by atoms with Gasteiger partial charge < -0.3 is 0 Å². The molecule has 0 aliphatic heterocycles. The molecule has 0 amide bonds. The van der Waals surface area contributed by atoms with Crippen molar-refractivity contribution in [2.24, 2.45) is 0 Å². The van der Waals surface area contributed by atoms with Crippen LogP contribution in [-0.2, 0) is 6.18 Å². The maximum absolute atomic E-state index is 12.4. The van der Waals surface area contributed by atoms with Gasteiger partial charge in [-0.15, -0.1) is 0 Å². The van der Waals surface area contributed by atoms with E-state index in [0.29, 0.717) is 11.0 Å². The van der Waals surface area contributed by atoms with Gasteiger partial charge in [0.25, 0.3) is 0 Å². The first-order valence-corrected chi connectivity index (χ1v) is 5.01. The predicted molar refractivity (Wildman–Crippen MR) is 52.1 cm³/mol. The third kappa shape index (κ3) is 1.26. The van der Waals surface area contributed by atoms with Crippen molar-refractivity contribution in [1.82, 2.24) is 18.7 Å². The molecular formula is C8H3F3N4S. The summed E-state index contributed by atoms with van der Waals surface area (Å²) in [5.74, 6) is -1.12. The molecule has 4 nitrogen and oxygen atoms in total. The minimum absolute atomic E-state index is 0.183. The molecule has 1 N–H and O–H groups in total. The predicted octanol–water partition coefficient (Wildman–Crippen LogP) is 2.59.